The summed E-state index contributed by atoms with van der Waals surface area (Å²) < 4.78 is 5.42. The van der Waals surface area contributed by atoms with Gasteiger partial charge < -0.3 is 4.42 Å². The molecule has 0 bridgehead atoms. The number of nitrogens with zero attached hydrogens (tertiary/aromatic N) is 1. The molecule has 0 amide bonds. The van der Waals surface area contributed by atoms with E-state index in [0.29, 0.717) is 11.8 Å². The highest BCUT2D eigenvalue weighted by Gasteiger charge is 2.38. The van der Waals surface area contributed by atoms with Crippen LogP contribution in [0.4, 0.5) is 0 Å². The molecule has 2 aliphatic carbocycles. The van der Waals surface area contributed by atoms with Gasteiger partial charge in [0.15, 0.2) is 0 Å². The quantitative estimate of drug-likeness (QED) is 0.801. The van der Waals surface area contributed by atoms with E-state index in [4.69, 9.17) is 4.42 Å². The number of ketones is 1. The first-order valence-electron chi connectivity index (χ1n) is 6.65. The number of carbonyl (C=O) groups is 1. The molecule has 3 nitrogen and oxygen atoms in total. The van der Waals surface area contributed by atoms with E-state index in [2.05, 4.69) is 4.90 Å². The summed E-state index contributed by atoms with van der Waals surface area (Å²) in [4.78, 5) is 14.4. The molecular formula is C14H19NO2. The van der Waals surface area contributed by atoms with Gasteiger partial charge in [-0.05, 0) is 37.8 Å². The molecule has 0 aliphatic heterocycles. The Labute approximate surface area is 102 Å². The zero-order valence-corrected chi connectivity index (χ0v) is 10.1. The lowest BCUT2D eigenvalue weighted by atomic mass is 9.92. The van der Waals surface area contributed by atoms with E-state index in [1.54, 1.807) is 6.26 Å². The lowest BCUT2D eigenvalue weighted by Gasteiger charge is -2.32. The van der Waals surface area contributed by atoms with Gasteiger partial charge in [0.2, 0.25) is 0 Å². The van der Waals surface area contributed by atoms with Gasteiger partial charge in [-0.2, -0.15) is 0 Å². The minimum absolute atomic E-state index is 0.154. The van der Waals surface area contributed by atoms with Crippen LogP contribution in [0.5, 0.6) is 0 Å². The molecule has 3 heteroatoms. The highest BCUT2D eigenvalue weighted by atomic mass is 16.3. The summed E-state index contributed by atoms with van der Waals surface area (Å²) in [6, 6.07) is 4.69. The van der Waals surface area contributed by atoms with Crippen molar-refractivity contribution < 1.29 is 9.21 Å². The Bertz CT molecular complexity index is 381. The first-order chi connectivity index (χ1) is 8.34. The molecule has 0 aromatic carbocycles. The fourth-order valence-electron chi connectivity index (χ4n) is 2.80. The number of Topliss-reactive ketones (excluding diaryl/α,β-unsaturated/α-hetero) is 1. The SMILES string of the molecule is O=C1CCCCC1N(Cc1ccco1)C1CC1. The molecule has 1 unspecified atom stereocenters. The van der Waals surface area contributed by atoms with Gasteiger partial charge in [-0.25, -0.2) is 0 Å². The zero-order valence-electron chi connectivity index (χ0n) is 10.1. The van der Waals surface area contributed by atoms with Gasteiger partial charge in [-0.1, -0.05) is 6.42 Å². The number of hydrogen-bond acceptors (Lipinski definition) is 3. The molecule has 2 saturated carbocycles. The molecule has 3 rings (SSSR count). The van der Waals surface area contributed by atoms with Crippen LogP contribution in [0, 0.1) is 0 Å². The van der Waals surface area contributed by atoms with Crippen LogP contribution < -0.4 is 0 Å². The topological polar surface area (TPSA) is 33.5 Å². The maximum atomic E-state index is 12.0. The number of hydrogen-bond donors (Lipinski definition) is 0. The van der Waals surface area contributed by atoms with E-state index in [1.807, 2.05) is 12.1 Å². The van der Waals surface area contributed by atoms with E-state index in [1.165, 1.54) is 19.3 Å². The van der Waals surface area contributed by atoms with E-state index in [0.717, 1.165) is 31.6 Å². The van der Waals surface area contributed by atoms with Crippen LogP contribution in [0.1, 0.15) is 44.3 Å². The van der Waals surface area contributed by atoms with Crippen molar-refractivity contribution in [1.82, 2.24) is 4.90 Å². The highest BCUT2D eigenvalue weighted by molar-refractivity contribution is 5.84. The molecule has 0 N–H and O–H groups in total. The van der Waals surface area contributed by atoms with Crippen molar-refractivity contribution in [3.8, 4) is 0 Å². The van der Waals surface area contributed by atoms with Gasteiger partial charge in [0.25, 0.3) is 0 Å². The third-order valence-corrected chi connectivity index (χ3v) is 3.86. The van der Waals surface area contributed by atoms with Gasteiger partial charge in [0.05, 0.1) is 18.8 Å². The molecule has 1 aromatic heterocycles. The van der Waals surface area contributed by atoms with Crippen LogP contribution in [0.25, 0.3) is 0 Å². The lowest BCUT2D eigenvalue weighted by Crippen LogP contribution is -2.43. The normalized spacial score (nSPS) is 25.5. The minimum atomic E-state index is 0.154. The van der Waals surface area contributed by atoms with Gasteiger partial charge in [0, 0.05) is 12.5 Å². The third-order valence-electron chi connectivity index (χ3n) is 3.86. The standard InChI is InChI=1S/C14H19NO2/c16-14-6-2-1-5-13(14)15(11-7-8-11)10-12-4-3-9-17-12/h3-4,9,11,13H,1-2,5-8,10H2. The Balaban J connectivity index is 1.72. The summed E-state index contributed by atoms with van der Waals surface area (Å²) >= 11 is 0. The molecule has 0 saturated heterocycles. The first-order valence-corrected chi connectivity index (χ1v) is 6.65. The van der Waals surface area contributed by atoms with Crippen molar-refractivity contribution in [2.24, 2.45) is 0 Å². The molecule has 0 spiro atoms. The second kappa shape index (κ2) is 4.65. The maximum absolute atomic E-state index is 12.0. The fraction of sp³-hybridized carbons (Fsp3) is 0.643. The van der Waals surface area contributed by atoms with Gasteiger partial charge in [0.1, 0.15) is 11.5 Å². The lowest BCUT2D eigenvalue weighted by molar-refractivity contribution is -0.126. The van der Waals surface area contributed by atoms with Crippen LogP contribution in [-0.2, 0) is 11.3 Å². The molecule has 92 valence electrons. The average molecular weight is 233 g/mol. The summed E-state index contributed by atoms with van der Waals surface area (Å²) in [5, 5.41) is 0. The highest BCUT2D eigenvalue weighted by Crippen LogP contribution is 2.33. The van der Waals surface area contributed by atoms with Crippen molar-refractivity contribution in [2.45, 2.75) is 57.2 Å². The summed E-state index contributed by atoms with van der Waals surface area (Å²) in [5.41, 5.74) is 0. The Kier molecular flexibility index (Phi) is 3.02. The predicted octanol–water partition coefficient (Wildman–Crippen LogP) is 2.76. The summed E-state index contributed by atoms with van der Waals surface area (Å²) in [6.07, 6.45) is 8.27. The molecule has 0 radical (unpaired) electrons. The Hall–Kier alpha value is -1.09. The minimum Gasteiger partial charge on any atom is -0.468 e. The van der Waals surface area contributed by atoms with Gasteiger partial charge in [-0.15, -0.1) is 0 Å². The van der Waals surface area contributed by atoms with Crippen molar-refractivity contribution in [3.05, 3.63) is 24.2 Å². The third kappa shape index (κ3) is 2.44. The van der Waals surface area contributed by atoms with Gasteiger partial charge in [-0.3, -0.25) is 9.69 Å². The molecular weight excluding hydrogens is 214 g/mol. The Morgan fingerprint density at radius 1 is 1.29 bits per heavy atom. The van der Waals surface area contributed by atoms with Crippen LogP contribution in [-0.4, -0.2) is 22.8 Å². The number of rotatable bonds is 4. The maximum Gasteiger partial charge on any atom is 0.149 e. The second-order valence-corrected chi connectivity index (χ2v) is 5.21. The fourth-order valence-corrected chi connectivity index (χ4v) is 2.80. The summed E-state index contributed by atoms with van der Waals surface area (Å²) in [6.45, 7) is 0.800. The van der Waals surface area contributed by atoms with Crippen LogP contribution in [0.15, 0.2) is 22.8 Å². The molecule has 1 heterocycles. The molecule has 17 heavy (non-hydrogen) atoms. The average Bonchev–Trinajstić information content (AvgIpc) is 3.05. The zero-order chi connectivity index (χ0) is 11.7. The van der Waals surface area contributed by atoms with Crippen molar-refractivity contribution in [3.63, 3.8) is 0 Å². The molecule has 1 atom stereocenters. The van der Waals surface area contributed by atoms with E-state index in [-0.39, 0.29) is 6.04 Å². The van der Waals surface area contributed by atoms with Crippen molar-refractivity contribution >= 4 is 5.78 Å². The molecule has 2 aliphatic rings. The summed E-state index contributed by atoms with van der Waals surface area (Å²) in [7, 11) is 0. The van der Waals surface area contributed by atoms with Crippen molar-refractivity contribution in [1.29, 1.82) is 0 Å². The number of carbonyl (C=O) groups excluding carboxylic acids is 1. The van der Waals surface area contributed by atoms with E-state index < -0.39 is 0 Å². The Morgan fingerprint density at radius 3 is 2.82 bits per heavy atom. The smallest absolute Gasteiger partial charge is 0.149 e. The van der Waals surface area contributed by atoms with Crippen LogP contribution in [0.2, 0.25) is 0 Å². The largest absolute Gasteiger partial charge is 0.468 e. The van der Waals surface area contributed by atoms with Crippen LogP contribution in [0.3, 0.4) is 0 Å². The van der Waals surface area contributed by atoms with E-state index in [9.17, 15) is 4.79 Å². The van der Waals surface area contributed by atoms with Crippen molar-refractivity contribution in [2.75, 3.05) is 0 Å². The predicted molar refractivity (Wildman–Crippen MR) is 64.5 cm³/mol. The molecule has 1 aromatic rings. The monoisotopic (exact) mass is 233 g/mol. The summed E-state index contributed by atoms with van der Waals surface area (Å²) in [5.74, 6) is 1.42. The first kappa shape index (κ1) is 11.0. The van der Waals surface area contributed by atoms with Gasteiger partial charge >= 0.3 is 0 Å². The molecule has 2 fully saturated rings. The van der Waals surface area contributed by atoms with Crippen LogP contribution >= 0.6 is 0 Å². The Morgan fingerprint density at radius 2 is 2.18 bits per heavy atom. The second-order valence-electron chi connectivity index (χ2n) is 5.21. The number of furan rings is 1. The van der Waals surface area contributed by atoms with E-state index >= 15 is 0 Å².